The molecule has 0 radical (unpaired) electrons. The smallest absolute Gasteiger partial charge is 0.248 e. The molecule has 45 heavy (non-hydrogen) atoms. The maximum Gasteiger partial charge on any atom is 0.248 e. The highest BCUT2D eigenvalue weighted by atomic mass is 32.1. The van der Waals surface area contributed by atoms with Crippen molar-refractivity contribution in [3.8, 4) is 10.4 Å². The van der Waals surface area contributed by atoms with E-state index in [0.717, 1.165) is 54.6 Å². The number of aromatic nitrogens is 4. The molecule has 10 heteroatoms. The molecule has 1 aliphatic heterocycles. The number of thiazole rings is 1. The van der Waals surface area contributed by atoms with Crippen LogP contribution < -0.4 is 5.32 Å². The predicted molar refractivity (Wildman–Crippen MR) is 171 cm³/mol. The number of aryl methyl sites for hydroxylation is 1. The van der Waals surface area contributed by atoms with Crippen LogP contribution in [0.4, 0.5) is 0 Å². The standard InChI is InChI=1S/C35H44N6O3S/c1-20(9-22-3-5-27(6-4-22)31-21(2)36-19-45-31)37-33(43)30-13-28(42)17-40(30)34(44)32(41-18-29(38-39-41)26-7-8-26)35-14-23-10-24(15-35)12-25(11-23)16-35/h3-6,18-20,23-26,28,30,32,42H,7-17H2,1-2H3,(H,37,43)/t20-,23?,24?,25?,28+,30-,32+,35?/m0/s1. The molecular formula is C35H44N6O3S. The Kier molecular flexibility index (Phi) is 7.36. The minimum absolute atomic E-state index is 0.0671. The molecule has 9 rings (SSSR count). The van der Waals surface area contributed by atoms with Gasteiger partial charge in [0.1, 0.15) is 12.1 Å². The van der Waals surface area contributed by atoms with Crippen LogP contribution in [0, 0.1) is 30.1 Å². The number of benzene rings is 1. The van der Waals surface area contributed by atoms with Crippen LogP contribution in [0.15, 0.2) is 36.0 Å². The van der Waals surface area contributed by atoms with E-state index in [-0.39, 0.29) is 36.2 Å². The first kappa shape index (κ1) is 29.3. The second-order valence-electron chi connectivity index (χ2n) is 15.1. The average molecular weight is 629 g/mol. The molecule has 5 saturated carbocycles. The third-order valence-corrected chi connectivity index (χ3v) is 12.4. The zero-order chi connectivity index (χ0) is 30.9. The fraction of sp³-hybridized carbons (Fsp3) is 0.629. The van der Waals surface area contributed by atoms with Crippen molar-refractivity contribution >= 4 is 23.2 Å². The van der Waals surface area contributed by atoms with Crippen LogP contribution in [-0.4, -0.2) is 66.5 Å². The summed E-state index contributed by atoms with van der Waals surface area (Å²) in [6.45, 7) is 4.20. The largest absolute Gasteiger partial charge is 0.391 e. The Morgan fingerprint density at radius 1 is 1.07 bits per heavy atom. The molecule has 4 bridgehead atoms. The Labute approximate surface area is 268 Å². The van der Waals surface area contributed by atoms with Gasteiger partial charge in [-0.3, -0.25) is 9.59 Å². The van der Waals surface area contributed by atoms with E-state index >= 15 is 0 Å². The molecule has 2 N–H and O–H groups in total. The molecule has 2 amide bonds. The summed E-state index contributed by atoms with van der Waals surface area (Å²) in [5.74, 6) is 2.20. The van der Waals surface area contributed by atoms with E-state index in [1.807, 2.05) is 30.2 Å². The maximum atomic E-state index is 14.8. The number of β-amino-alcohol motifs (C(OH)–C–C–N with tert-alkyl or cyclic N) is 1. The number of carbonyl (C=O) groups excluding carboxylic acids is 2. The van der Waals surface area contributed by atoms with Crippen molar-refractivity contribution in [1.82, 2.24) is 30.2 Å². The lowest BCUT2D eigenvalue weighted by atomic mass is 9.47. The minimum atomic E-state index is -0.725. The van der Waals surface area contributed by atoms with E-state index < -0.39 is 18.2 Å². The molecule has 5 aliphatic carbocycles. The fourth-order valence-electron chi connectivity index (χ4n) is 9.73. The van der Waals surface area contributed by atoms with E-state index in [1.165, 1.54) is 24.1 Å². The summed E-state index contributed by atoms with van der Waals surface area (Å²) in [5, 5.41) is 23.1. The molecule has 0 spiro atoms. The molecule has 0 unspecified atom stereocenters. The van der Waals surface area contributed by atoms with Gasteiger partial charge in [0.25, 0.3) is 0 Å². The molecule has 9 nitrogen and oxygen atoms in total. The molecule has 3 aromatic rings. The minimum Gasteiger partial charge on any atom is -0.391 e. The van der Waals surface area contributed by atoms with Crippen molar-refractivity contribution in [2.45, 2.75) is 108 Å². The van der Waals surface area contributed by atoms with Gasteiger partial charge in [-0.25, -0.2) is 9.67 Å². The van der Waals surface area contributed by atoms with Crippen molar-refractivity contribution in [3.63, 3.8) is 0 Å². The molecule has 3 heterocycles. The number of aliphatic hydroxyl groups is 1. The normalized spacial score (nSPS) is 31.7. The second kappa shape index (κ2) is 11.3. The summed E-state index contributed by atoms with van der Waals surface area (Å²) in [4.78, 5) is 35.8. The van der Waals surface area contributed by atoms with Gasteiger partial charge in [0.15, 0.2) is 0 Å². The van der Waals surface area contributed by atoms with Gasteiger partial charge in [0, 0.05) is 36.5 Å². The van der Waals surface area contributed by atoms with Crippen LogP contribution in [0.25, 0.3) is 10.4 Å². The predicted octanol–water partition coefficient (Wildman–Crippen LogP) is 5.05. The van der Waals surface area contributed by atoms with Crippen molar-refractivity contribution in [2.24, 2.45) is 23.2 Å². The number of carbonyl (C=O) groups is 2. The van der Waals surface area contributed by atoms with Gasteiger partial charge in [-0.15, -0.1) is 16.4 Å². The number of nitrogens with one attached hydrogen (secondary N) is 1. The number of nitrogens with zero attached hydrogens (tertiary/aromatic N) is 5. The summed E-state index contributed by atoms with van der Waals surface area (Å²) in [5.41, 5.74) is 6.00. The highest BCUT2D eigenvalue weighted by Crippen LogP contribution is 2.64. The first-order chi connectivity index (χ1) is 21.7. The number of likely N-dealkylation sites (tertiary alicyclic amines) is 1. The van der Waals surface area contributed by atoms with Crippen molar-refractivity contribution in [1.29, 1.82) is 0 Å². The Morgan fingerprint density at radius 2 is 1.76 bits per heavy atom. The maximum absolute atomic E-state index is 14.8. The first-order valence-corrected chi connectivity index (χ1v) is 17.8. The molecule has 1 saturated heterocycles. The average Bonchev–Trinajstić information content (AvgIpc) is 3.35. The topological polar surface area (TPSA) is 113 Å². The SMILES string of the molecule is Cc1ncsc1-c1ccc(C[C@H](C)NC(=O)[C@@H]2C[C@@H](O)CN2C(=O)[C@@H](n2cc(C3CC3)nn2)C23CC4CC(CC(C4)C2)C3)cc1. The van der Waals surface area contributed by atoms with Crippen molar-refractivity contribution < 1.29 is 14.7 Å². The van der Waals surface area contributed by atoms with E-state index in [9.17, 15) is 14.7 Å². The molecule has 6 fully saturated rings. The number of amides is 2. The highest BCUT2D eigenvalue weighted by Gasteiger charge is 2.58. The van der Waals surface area contributed by atoms with Gasteiger partial charge in [0.2, 0.25) is 11.8 Å². The monoisotopic (exact) mass is 628 g/mol. The van der Waals surface area contributed by atoms with Gasteiger partial charge in [-0.2, -0.15) is 0 Å². The van der Waals surface area contributed by atoms with E-state index in [4.69, 9.17) is 0 Å². The Balaban J connectivity index is 1.00. The molecule has 4 atom stereocenters. The summed E-state index contributed by atoms with van der Waals surface area (Å²) in [6.07, 6.45) is 11.5. The number of aliphatic hydroxyl groups excluding tert-OH is 1. The Bertz CT molecular complexity index is 1540. The zero-order valence-corrected chi connectivity index (χ0v) is 27.1. The third kappa shape index (κ3) is 5.52. The number of hydrogen-bond acceptors (Lipinski definition) is 7. The Hall–Kier alpha value is -3.11. The van der Waals surface area contributed by atoms with Crippen LogP contribution in [0.3, 0.4) is 0 Å². The number of rotatable bonds is 9. The molecular weight excluding hydrogens is 584 g/mol. The lowest BCUT2D eigenvalue weighted by Gasteiger charge is -2.59. The van der Waals surface area contributed by atoms with Crippen molar-refractivity contribution in [3.05, 3.63) is 52.9 Å². The molecule has 6 aliphatic rings. The van der Waals surface area contributed by atoms with E-state index in [1.54, 1.807) is 16.2 Å². The molecule has 238 valence electrons. The van der Waals surface area contributed by atoms with Crippen LogP contribution in [-0.2, 0) is 16.0 Å². The van der Waals surface area contributed by atoms with Crippen LogP contribution in [0.2, 0.25) is 0 Å². The summed E-state index contributed by atoms with van der Waals surface area (Å²) >= 11 is 1.64. The van der Waals surface area contributed by atoms with Gasteiger partial charge < -0.3 is 15.3 Å². The van der Waals surface area contributed by atoms with Gasteiger partial charge in [-0.1, -0.05) is 29.5 Å². The van der Waals surface area contributed by atoms with Crippen LogP contribution >= 0.6 is 11.3 Å². The summed E-state index contributed by atoms with van der Waals surface area (Å²) < 4.78 is 1.86. The third-order valence-electron chi connectivity index (χ3n) is 11.4. The first-order valence-electron chi connectivity index (χ1n) is 16.9. The Morgan fingerprint density at radius 3 is 2.38 bits per heavy atom. The van der Waals surface area contributed by atoms with Crippen molar-refractivity contribution in [2.75, 3.05) is 6.54 Å². The summed E-state index contributed by atoms with van der Waals surface area (Å²) in [7, 11) is 0. The fourth-order valence-corrected chi connectivity index (χ4v) is 10.5. The zero-order valence-electron chi connectivity index (χ0n) is 26.3. The second-order valence-corrected chi connectivity index (χ2v) is 15.9. The lowest BCUT2D eigenvalue weighted by molar-refractivity contribution is -0.154. The quantitative estimate of drug-likeness (QED) is 0.343. The van der Waals surface area contributed by atoms with Gasteiger partial charge in [-0.05, 0) is 101 Å². The van der Waals surface area contributed by atoms with Crippen LogP contribution in [0.1, 0.15) is 93.6 Å². The van der Waals surface area contributed by atoms with E-state index in [0.29, 0.717) is 30.1 Å². The lowest BCUT2D eigenvalue weighted by Crippen LogP contribution is -2.56. The highest BCUT2D eigenvalue weighted by molar-refractivity contribution is 7.13. The number of hydrogen-bond donors (Lipinski definition) is 2. The van der Waals surface area contributed by atoms with Gasteiger partial charge >= 0.3 is 0 Å². The summed E-state index contributed by atoms with van der Waals surface area (Å²) in [6, 6.07) is 7.13. The van der Waals surface area contributed by atoms with E-state index in [2.05, 4.69) is 44.9 Å². The molecule has 1 aromatic carbocycles. The molecule has 2 aromatic heterocycles. The van der Waals surface area contributed by atoms with Crippen LogP contribution in [0.5, 0.6) is 0 Å². The van der Waals surface area contributed by atoms with Gasteiger partial charge in [0.05, 0.1) is 27.9 Å².